The van der Waals surface area contributed by atoms with Crippen LogP contribution in [0.15, 0.2) is 47.4 Å². The molecular weight excluding hydrogens is 415 g/mol. The van der Waals surface area contributed by atoms with Gasteiger partial charge < -0.3 is 0 Å². The second-order valence-electron chi connectivity index (χ2n) is 8.20. The standard InChI is InChI=1S/C21H26Cl2N2O2S/c1-21(2,3)17-6-4-16(5-7-17)15-24-10-12-25(13-11-24)28(26,27)20-14-18(22)8-9-19(20)23/h4-9,14H,10-13,15H2,1-3H3. The molecule has 0 aromatic heterocycles. The van der Waals surface area contributed by atoms with Gasteiger partial charge in [-0.15, -0.1) is 0 Å². The number of rotatable bonds is 4. The van der Waals surface area contributed by atoms with Gasteiger partial charge in [-0.1, -0.05) is 68.2 Å². The predicted molar refractivity (Wildman–Crippen MR) is 116 cm³/mol. The smallest absolute Gasteiger partial charge is 0.244 e. The largest absolute Gasteiger partial charge is 0.296 e. The van der Waals surface area contributed by atoms with Crippen LogP contribution in [0.5, 0.6) is 0 Å². The van der Waals surface area contributed by atoms with Crippen molar-refractivity contribution < 1.29 is 8.42 Å². The Bertz CT molecular complexity index is 930. The highest BCUT2D eigenvalue weighted by atomic mass is 35.5. The van der Waals surface area contributed by atoms with E-state index in [0.29, 0.717) is 31.2 Å². The number of benzene rings is 2. The zero-order valence-electron chi connectivity index (χ0n) is 16.5. The third kappa shape index (κ3) is 4.89. The average Bonchev–Trinajstić information content (AvgIpc) is 2.64. The maximum absolute atomic E-state index is 12.9. The Morgan fingerprint density at radius 3 is 2.11 bits per heavy atom. The normalized spacial score (nSPS) is 17.0. The molecule has 0 aliphatic carbocycles. The maximum atomic E-state index is 12.9. The lowest BCUT2D eigenvalue weighted by Gasteiger charge is -2.34. The van der Waals surface area contributed by atoms with Crippen LogP contribution in [0.4, 0.5) is 0 Å². The van der Waals surface area contributed by atoms with E-state index in [0.717, 1.165) is 6.54 Å². The fourth-order valence-electron chi connectivity index (χ4n) is 3.31. The molecule has 1 heterocycles. The minimum absolute atomic E-state index is 0.0767. The summed E-state index contributed by atoms with van der Waals surface area (Å²) in [6, 6.07) is 13.2. The van der Waals surface area contributed by atoms with Gasteiger partial charge in [-0.3, -0.25) is 4.90 Å². The van der Waals surface area contributed by atoms with E-state index in [1.54, 1.807) is 6.07 Å². The molecule has 152 valence electrons. The van der Waals surface area contributed by atoms with Crippen molar-refractivity contribution in [1.82, 2.24) is 9.21 Å². The summed E-state index contributed by atoms with van der Waals surface area (Å²) >= 11 is 12.1. The van der Waals surface area contributed by atoms with Crippen molar-refractivity contribution in [2.45, 2.75) is 37.6 Å². The maximum Gasteiger partial charge on any atom is 0.244 e. The molecule has 2 aromatic rings. The summed E-state index contributed by atoms with van der Waals surface area (Å²) in [5, 5.41) is 0.561. The van der Waals surface area contributed by atoms with Crippen LogP contribution in [-0.4, -0.2) is 43.8 Å². The van der Waals surface area contributed by atoms with E-state index in [-0.39, 0.29) is 15.3 Å². The topological polar surface area (TPSA) is 40.6 Å². The molecule has 0 unspecified atom stereocenters. The van der Waals surface area contributed by atoms with Gasteiger partial charge in [0.15, 0.2) is 0 Å². The molecule has 1 aliphatic heterocycles. The minimum Gasteiger partial charge on any atom is -0.296 e. The van der Waals surface area contributed by atoms with Crippen LogP contribution in [-0.2, 0) is 22.0 Å². The summed E-state index contributed by atoms with van der Waals surface area (Å²) in [6.45, 7) is 9.65. The third-order valence-electron chi connectivity index (χ3n) is 5.07. The van der Waals surface area contributed by atoms with E-state index in [2.05, 4.69) is 49.9 Å². The molecule has 2 aromatic carbocycles. The molecule has 0 N–H and O–H groups in total. The van der Waals surface area contributed by atoms with Crippen molar-refractivity contribution in [2.24, 2.45) is 0 Å². The van der Waals surface area contributed by atoms with Crippen LogP contribution in [0.25, 0.3) is 0 Å². The van der Waals surface area contributed by atoms with Gasteiger partial charge in [-0.05, 0) is 34.7 Å². The van der Waals surface area contributed by atoms with Crippen LogP contribution in [0.2, 0.25) is 10.0 Å². The van der Waals surface area contributed by atoms with Crippen LogP contribution in [0.3, 0.4) is 0 Å². The van der Waals surface area contributed by atoms with E-state index >= 15 is 0 Å². The summed E-state index contributed by atoms with van der Waals surface area (Å²) in [5.74, 6) is 0. The molecule has 1 aliphatic rings. The Morgan fingerprint density at radius 2 is 1.54 bits per heavy atom. The van der Waals surface area contributed by atoms with Crippen molar-refractivity contribution in [1.29, 1.82) is 0 Å². The van der Waals surface area contributed by atoms with Crippen molar-refractivity contribution in [2.75, 3.05) is 26.2 Å². The quantitative estimate of drug-likeness (QED) is 0.685. The molecule has 4 nitrogen and oxygen atoms in total. The van der Waals surface area contributed by atoms with Gasteiger partial charge in [0.05, 0.1) is 5.02 Å². The van der Waals surface area contributed by atoms with Gasteiger partial charge in [0.1, 0.15) is 4.90 Å². The number of halogens is 2. The fourth-order valence-corrected chi connectivity index (χ4v) is 5.47. The van der Waals surface area contributed by atoms with Crippen molar-refractivity contribution in [3.63, 3.8) is 0 Å². The summed E-state index contributed by atoms with van der Waals surface area (Å²) in [5.41, 5.74) is 2.69. The van der Waals surface area contributed by atoms with Gasteiger partial charge in [0.2, 0.25) is 10.0 Å². The average molecular weight is 441 g/mol. The Balaban J connectivity index is 1.63. The van der Waals surface area contributed by atoms with E-state index in [9.17, 15) is 8.42 Å². The molecule has 28 heavy (non-hydrogen) atoms. The molecule has 0 spiro atoms. The lowest BCUT2D eigenvalue weighted by atomic mass is 9.87. The summed E-state index contributed by atoms with van der Waals surface area (Å²) in [4.78, 5) is 2.35. The Hall–Kier alpha value is -1.11. The van der Waals surface area contributed by atoms with Gasteiger partial charge in [-0.25, -0.2) is 8.42 Å². The third-order valence-corrected chi connectivity index (χ3v) is 7.68. The zero-order chi connectivity index (χ0) is 20.5. The Kier molecular flexibility index (Phi) is 6.42. The van der Waals surface area contributed by atoms with Crippen molar-refractivity contribution >= 4 is 33.2 Å². The molecule has 7 heteroatoms. The number of nitrogens with zero attached hydrogens (tertiary/aromatic N) is 2. The van der Waals surface area contributed by atoms with Crippen LogP contribution >= 0.6 is 23.2 Å². The predicted octanol–water partition coefficient (Wildman–Crippen LogP) is 4.80. The molecule has 0 amide bonds. The molecule has 1 fully saturated rings. The highest BCUT2D eigenvalue weighted by molar-refractivity contribution is 7.89. The van der Waals surface area contributed by atoms with Gasteiger partial charge in [0, 0.05) is 37.7 Å². The summed E-state index contributed by atoms with van der Waals surface area (Å²) in [6.07, 6.45) is 0. The second kappa shape index (κ2) is 8.33. The Labute approximate surface area is 178 Å². The first-order valence-corrected chi connectivity index (χ1v) is 11.5. The van der Waals surface area contributed by atoms with Crippen molar-refractivity contribution in [3.8, 4) is 0 Å². The molecule has 0 radical (unpaired) electrons. The minimum atomic E-state index is -3.64. The fraction of sp³-hybridized carbons (Fsp3) is 0.429. The number of sulfonamides is 1. The lowest BCUT2D eigenvalue weighted by Crippen LogP contribution is -2.48. The second-order valence-corrected chi connectivity index (χ2v) is 11.0. The molecular formula is C21H26Cl2N2O2S. The highest BCUT2D eigenvalue weighted by Gasteiger charge is 2.30. The van der Waals surface area contributed by atoms with Crippen LogP contribution in [0, 0.1) is 0 Å². The van der Waals surface area contributed by atoms with E-state index < -0.39 is 10.0 Å². The van der Waals surface area contributed by atoms with Gasteiger partial charge in [-0.2, -0.15) is 4.31 Å². The first-order chi connectivity index (χ1) is 13.1. The van der Waals surface area contributed by atoms with Gasteiger partial charge >= 0.3 is 0 Å². The first kappa shape index (κ1) is 21.6. The zero-order valence-corrected chi connectivity index (χ0v) is 18.8. The monoisotopic (exact) mass is 440 g/mol. The lowest BCUT2D eigenvalue weighted by molar-refractivity contribution is 0.181. The number of piperazine rings is 1. The SMILES string of the molecule is CC(C)(C)c1ccc(CN2CCN(S(=O)(=O)c3cc(Cl)ccc3Cl)CC2)cc1. The summed E-state index contributed by atoms with van der Waals surface area (Å²) < 4.78 is 27.3. The molecule has 1 saturated heterocycles. The van der Waals surface area contributed by atoms with Crippen LogP contribution in [0.1, 0.15) is 31.9 Å². The molecule has 3 rings (SSSR count). The van der Waals surface area contributed by atoms with Crippen molar-refractivity contribution in [3.05, 3.63) is 63.6 Å². The van der Waals surface area contributed by atoms with Crippen LogP contribution < -0.4 is 0 Å². The van der Waals surface area contributed by atoms with E-state index in [4.69, 9.17) is 23.2 Å². The number of hydrogen-bond donors (Lipinski definition) is 0. The number of hydrogen-bond acceptors (Lipinski definition) is 3. The van der Waals surface area contributed by atoms with E-state index in [1.165, 1.54) is 27.6 Å². The van der Waals surface area contributed by atoms with E-state index in [1.807, 2.05) is 0 Å². The highest BCUT2D eigenvalue weighted by Crippen LogP contribution is 2.28. The summed E-state index contributed by atoms with van der Waals surface area (Å²) in [7, 11) is -3.64. The molecule has 0 saturated carbocycles. The molecule has 0 bridgehead atoms. The molecule has 0 atom stereocenters. The Morgan fingerprint density at radius 1 is 0.929 bits per heavy atom. The first-order valence-electron chi connectivity index (χ1n) is 9.34. The van der Waals surface area contributed by atoms with Gasteiger partial charge in [0.25, 0.3) is 0 Å².